The van der Waals surface area contributed by atoms with Gasteiger partial charge in [-0.05, 0) is 31.4 Å². The molecular weight excluding hydrogens is 248 g/mol. The van der Waals surface area contributed by atoms with Gasteiger partial charge in [-0.2, -0.15) is 11.8 Å². The van der Waals surface area contributed by atoms with Crippen LogP contribution in [0, 0.1) is 0 Å². The third kappa shape index (κ3) is 2.40. The minimum absolute atomic E-state index is 0.0456. The van der Waals surface area contributed by atoms with E-state index in [1.54, 1.807) is 0 Å². The van der Waals surface area contributed by atoms with E-state index in [9.17, 15) is 4.79 Å². The number of carbonyl (C=O) groups excluding carboxylic acids is 1. The summed E-state index contributed by atoms with van der Waals surface area (Å²) in [5, 5.41) is 3.57. The Labute approximate surface area is 113 Å². The Bertz CT molecular complexity index is 331. The van der Waals surface area contributed by atoms with Gasteiger partial charge in [-0.3, -0.25) is 4.79 Å². The normalized spacial score (nSPS) is 40.9. The van der Waals surface area contributed by atoms with E-state index in [0.29, 0.717) is 6.04 Å². The number of likely N-dealkylation sites (tertiary alicyclic amines) is 1. The van der Waals surface area contributed by atoms with Crippen LogP contribution in [-0.4, -0.2) is 60.2 Å². The fourth-order valence-electron chi connectivity index (χ4n) is 3.29. The zero-order chi connectivity index (χ0) is 12.6. The molecule has 0 bridgehead atoms. The summed E-state index contributed by atoms with van der Waals surface area (Å²) in [6, 6.07) is 0.502. The zero-order valence-corrected chi connectivity index (χ0v) is 11.8. The van der Waals surface area contributed by atoms with Gasteiger partial charge in [0.25, 0.3) is 0 Å². The third-order valence-corrected chi connectivity index (χ3v) is 5.65. The lowest BCUT2D eigenvalue weighted by Crippen LogP contribution is -2.51. The second-order valence-electron chi connectivity index (χ2n) is 5.79. The van der Waals surface area contributed by atoms with Crippen molar-refractivity contribution in [2.45, 2.75) is 43.4 Å². The first kappa shape index (κ1) is 12.8. The van der Waals surface area contributed by atoms with E-state index in [0.717, 1.165) is 38.2 Å². The van der Waals surface area contributed by atoms with Crippen LogP contribution >= 0.6 is 11.8 Å². The van der Waals surface area contributed by atoms with Crippen LogP contribution < -0.4 is 5.32 Å². The molecule has 3 unspecified atom stereocenters. The van der Waals surface area contributed by atoms with Crippen LogP contribution in [0.3, 0.4) is 0 Å². The lowest BCUT2D eigenvalue weighted by Gasteiger charge is -2.38. The van der Waals surface area contributed by atoms with Crippen molar-refractivity contribution in [3.63, 3.8) is 0 Å². The monoisotopic (exact) mass is 270 g/mol. The number of carbonyl (C=O) groups is 1. The van der Waals surface area contributed by atoms with Crippen molar-refractivity contribution in [3.8, 4) is 0 Å². The van der Waals surface area contributed by atoms with Gasteiger partial charge < -0.3 is 15.0 Å². The first-order chi connectivity index (χ1) is 8.69. The Balaban J connectivity index is 1.58. The lowest BCUT2D eigenvalue weighted by atomic mass is 9.89. The van der Waals surface area contributed by atoms with Crippen LogP contribution in [0.4, 0.5) is 0 Å². The molecule has 0 aliphatic carbocycles. The van der Waals surface area contributed by atoms with Crippen molar-refractivity contribution in [3.05, 3.63) is 0 Å². The van der Waals surface area contributed by atoms with Crippen LogP contribution in [0.15, 0.2) is 0 Å². The highest BCUT2D eigenvalue weighted by Crippen LogP contribution is 2.38. The standard InChI is InChI=1S/C13H22N2O2S/c1-15-5-2-11(12(15)16)14-10-3-6-17-13(8-10)4-7-18-9-13/h10-11,14H,2-9H2,1H3. The van der Waals surface area contributed by atoms with E-state index >= 15 is 0 Å². The first-order valence-electron chi connectivity index (χ1n) is 6.91. The lowest BCUT2D eigenvalue weighted by molar-refractivity contribution is -0.129. The molecule has 3 heterocycles. The number of nitrogens with zero attached hydrogens (tertiary/aromatic N) is 1. The van der Waals surface area contributed by atoms with Crippen LogP contribution in [-0.2, 0) is 9.53 Å². The van der Waals surface area contributed by atoms with E-state index in [1.807, 2.05) is 23.7 Å². The molecule has 1 N–H and O–H groups in total. The molecule has 0 aromatic carbocycles. The Hall–Kier alpha value is -0.260. The Morgan fingerprint density at radius 1 is 1.50 bits per heavy atom. The fourth-order valence-corrected chi connectivity index (χ4v) is 4.67. The largest absolute Gasteiger partial charge is 0.374 e. The SMILES string of the molecule is CN1CCC(NC2CCOC3(CCSC3)C2)C1=O. The smallest absolute Gasteiger partial charge is 0.239 e. The summed E-state index contributed by atoms with van der Waals surface area (Å²) in [5.74, 6) is 2.61. The number of rotatable bonds is 2. The molecule has 3 aliphatic rings. The van der Waals surface area contributed by atoms with E-state index in [2.05, 4.69) is 5.32 Å². The molecule has 3 atom stereocenters. The third-order valence-electron chi connectivity index (χ3n) is 4.42. The highest BCUT2D eigenvalue weighted by Gasteiger charge is 2.41. The van der Waals surface area contributed by atoms with Gasteiger partial charge in [0.05, 0.1) is 11.6 Å². The van der Waals surface area contributed by atoms with Crippen LogP contribution in [0.5, 0.6) is 0 Å². The average molecular weight is 270 g/mol. The van der Waals surface area contributed by atoms with Gasteiger partial charge in [-0.25, -0.2) is 0 Å². The second-order valence-corrected chi connectivity index (χ2v) is 6.90. The first-order valence-corrected chi connectivity index (χ1v) is 8.07. The Morgan fingerprint density at radius 2 is 2.39 bits per heavy atom. The molecule has 5 heteroatoms. The molecule has 1 amide bonds. The van der Waals surface area contributed by atoms with Crippen molar-refractivity contribution in [1.82, 2.24) is 10.2 Å². The molecule has 0 saturated carbocycles. The highest BCUT2D eigenvalue weighted by atomic mass is 32.2. The summed E-state index contributed by atoms with van der Waals surface area (Å²) in [6.07, 6.45) is 4.25. The van der Waals surface area contributed by atoms with Crippen molar-refractivity contribution in [2.24, 2.45) is 0 Å². The van der Waals surface area contributed by atoms with Gasteiger partial charge in [-0.15, -0.1) is 0 Å². The number of nitrogens with one attached hydrogen (secondary N) is 1. The van der Waals surface area contributed by atoms with Gasteiger partial charge in [0, 0.05) is 32.0 Å². The molecular formula is C13H22N2O2S. The summed E-state index contributed by atoms with van der Waals surface area (Å²) < 4.78 is 6.01. The number of hydrogen-bond donors (Lipinski definition) is 1. The molecule has 4 nitrogen and oxygen atoms in total. The predicted octanol–water partition coefficient (Wildman–Crippen LogP) is 0.861. The maximum atomic E-state index is 11.9. The predicted molar refractivity (Wildman–Crippen MR) is 72.8 cm³/mol. The van der Waals surface area contributed by atoms with Crippen LogP contribution in [0.25, 0.3) is 0 Å². The summed E-state index contributed by atoms with van der Waals surface area (Å²) >= 11 is 2.00. The van der Waals surface area contributed by atoms with Crippen LogP contribution in [0.2, 0.25) is 0 Å². The zero-order valence-electron chi connectivity index (χ0n) is 11.0. The van der Waals surface area contributed by atoms with Gasteiger partial charge in [0.1, 0.15) is 0 Å². The number of ether oxygens (including phenoxy) is 1. The number of thioether (sulfide) groups is 1. The van der Waals surface area contributed by atoms with Gasteiger partial charge in [-0.1, -0.05) is 0 Å². The number of amides is 1. The van der Waals surface area contributed by atoms with E-state index < -0.39 is 0 Å². The molecule has 102 valence electrons. The van der Waals surface area contributed by atoms with E-state index in [4.69, 9.17) is 4.74 Å². The molecule has 3 saturated heterocycles. The van der Waals surface area contributed by atoms with E-state index in [-0.39, 0.29) is 17.6 Å². The summed E-state index contributed by atoms with van der Waals surface area (Å²) in [5.41, 5.74) is 0.105. The summed E-state index contributed by atoms with van der Waals surface area (Å²) in [7, 11) is 1.89. The van der Waals surface area contributed by atoms with Crippen molar-refractivity contribution in [1.29, 1.82) is 0 Å². The maximum Gasteiger partial charge on any atom is 0.239 e. The van der Waals surface area contributed by atoms with Gasteiger partial charge >= 0.3 is 0 Å². The number of hydrogen-bond acceptors (Lipinski definition) is 4. The molecule has 1 spiro atoms. The molecule has 3 rings (SSSR count). The fraction of sp³-hybridized carbons (Fsp3) is 0.923. The molecule has 0 aromatic heterocycles. The Morgan fingerprint density at radius 3 is 3.06 bits per heavy atom. The molecule has 3 aliphatic heterocycles. The summed E-state index contributed by atoms with van der Waals surface area (Å²) in [4.78, 5) is 13.8. The van der Waals surface area contributed by atoms with Gasteiger partial charge in [0.15, 0.2) is 0 Å². The average Bonchev–Trinajstić information content (AvgIpc) is 2.92. The molecule has 3 fully saturated rings. The van der Waals surface area contributed by atoms with Gasteiger partial charge in [0.2, 0.25) is 5.91 Å². The molecule has 0 aromatic rings. The molecule has 18 heavy (non-hydrogen) atoms. The number of likely N-dealkylation sites (N-methyl/N-ethyl adjacent to an activating group) is 1. The van der Waals surface area contributed by atoms with Crippen molar-refractivity contribution < 1.29 is 9.53 Å². The highest BCUT2D eigenvalue weighted by molar-refractivity contribution is 7.99. The summed E-state index contributed by atoms with van der Waals surface area (Å²) in [6.45, 7) is 1.73. The molecule has 0 radical (unpaired) electrons. The van der Waals surface area contributed by atoms with E-state index in [1.165, 1.54) is 12.2 Å². The van der Waals surface area contributed by atoms with Crippen molar-refractivity contribution >= 4 is 17.7 Å². The second kappa shape index (κ2) is 5.02. The minimum atomic E-state index is 0.0456. The quantitative estimate of drug-likeness (QED) is 0.808. The maximum absolute atomic E-state index is 11.9. The Kier molecular flexibility index (Phi) is 3.56. The van der Waals surface area contributed by atoms with Crippen LogP contribution in [0.1, 0.15) is 25.7 Å². The minimum Gasteiger partial charge on any atom is -0.374 e. The van der Waals surface area contributed by atoms with Crippen molar-refractivity contribution in [2.75, 3.05) is 31.7 Å². The topological polar surface area (TPSA) is 41.6 Å².